The van der Waals surface area contributed by atoms with Crippen molar-refractivity contribution in [1.29, 1.82) is 0 Å². The van der Waals surface area contributed by atoms with Crippen molar-refractivity contribution >= 4 is 27.3 Å². The number of halogens is 1. The zero-order valence-electron chi connectivity index (χ0n) is 10.9. The molecule has 0 radical (unpaired) electrons. The lowest BCUT2D eigenvalue weighted by molar-refractivity contribution is 0.586. The molecular formula is C15H21BrS. The second-order valence-corrected chi connectivity index (χ2v) is 8.79. The van der Waals surface area contributed by atoms with E-state index >= 15 is 0 Å². The van der Waals surface area contributed by atoms with Gasteiger partial charge in [-0.1, -0.05) is 43.1 Å². The lowest BCUT2D eigenvalue weighted by Crippen LogP contribution is -2.07. The average Bonchev–Trinajstić information content (AvgIpc) is 2.74. The van der Waals surface area contributed by atoms with Crippen molar-refractivity contribution in [2.24, 2.45) is 17.8 Å². The zero-order chi connectivity index (χ0) is 12.2. The van der Waals surface area contributed by atoms with Crippen LogP contribution in [-0.4, -0.2) is 0 Å². The van der Waals surface area contributed by atoms with E-state index in [4.69, 9.17) is 0 Å². The van der Waals surface area contributed by atoms with Crippen LogP contribution in [0.4, 0.5) is 0 Å². The highest BCUT2D eigenvalue weighted by Gasteiger charge is 2.55. The minimum absolute atomic E-state index is 0.301. The number of hydrogen-bond acceptors (Lipinski definition) is 1. The summed E-state index contributed by atoms with van der Waals surface area (Å²) in [6, 6.07) is 4.67. The Bertz CT molecular complexity index is 405. The summed E-state index contributed by atoms with van der Waals surface area (Å²) in [6.45, 7) is 6.91. The fraction of sp³-hybridized carbons (Fsp3) is 0.733. The van der Waals surface area contributed by atoms with Crippen LogP contribution >= 0.6 is 27.3 Å². The molecule has 2 aliphatic rings. The predicted molar refractivity (Wildman–Crippen MR) is 79.0 cm³/mol. The molecule has 0 aliphatic heterocycles. The van der Waals surface area contributed by atoms with Crippen LogP contribution in [0.25, 0.3) is 0 Å². The molecule has 0 amide bonds. The van der Waals surface area contributed by atoms with Gasteiger partial charge >= 0.3 is 0 Å². The van der Waals surface area contributed by atoms with E-state index in [1.807, 2.05) is 11.3 Å². The molecule has 3 unspecified atom stereocenters. The Morgan fingerprint density at radius 1 is 1.24 bits per heavy atom. The van der Waals surface area contributed by atoms with Crippen LogP contribution in [0.15, 0.2) is 12.1 Å². The topological polar surface area (TPSA) is 0 Å². The molecule has 3 atom stereocenters. The Hall–Kier alpha value is 0.180. The third kappa shape index (κ3) is 2.12. The molecule has 2 fully saturated rings. The van der Waals surface area contributed by atoms with Gasteiger partial charge in [0.2, 0.25) is 0 Å². The lowest BCUT2D eigenvalue weighted by Gasteiger charge is -2.16. The smallest absolute Gasteiger partial charge is 0.0522 e. The van der Waals surface area contributed by atoms with Gasteiger partial charge < -0.3 is 0 Å². The monoisotopic (exact) mass is 312 g/mol. The van der Waals surface area contributed by atoms with Crippen LogP contribution in [0.3, 0.4) is 0 Å². The van der Waals surface area contributed by atoms with Crippen molar-refractivity contribution in [1.82, 2.24) is 0 Å². The number of hydrogen-bond donors (Lipinski definition) is 0. The molecule has 1 heterocycles. The highest BCUT2D eigenvalue weighted by atomic mass is 79.9. The van der Waals surface area contributed by atoms with Gasteiger partial charge in [-0.15, -0.1) is 11.3 Å². The van der Waals surface area contributed by atoms with Crippen LogP contribution in [0.1, 0.15) is 54.6 Å². The average molecular weight is 313 g/mol. The second kappa shape index (κ2) is 4.09. The Morgan fingerprint density at radius 3 is 2.41 bits per heavy atom. The first-order chi connectivity index (χ1) is 7.98. The van der Waals surface area contributed by atoms with E-state index in [9.17, 15) is 0 Å². The molecule has 17 heavy (non-hydrogen) atoms. The van der Waals surface area contributed by atoms with Gasteiger partial charge in [-0.2, -0.15) is 0 Å². The molecule has 2 heteroatoms. The summed E-state index contributed by atoms with van der Waals surface area (Å²) in [7, 11) is 0. The number of thiophene rings is 1. The van der Waals surface area contributed by atoms with Crippen LogP contribution in [0.5, 0.6) is 0 Å². The van der Waals surface area contributed by atoms with E-state index in [0.29, 0.717) is 10.2 Å². The molecule has 1 aromatic heterocycles. The summed E-state index contributed by atoms with van der Waals surface area (Å²) >= 11 is 5.97. The Kier molecular flexibility index (Phi) is 2.94. The third-order valence-electron chi connectivity index (χ3n) is 4.45. The van der Waals surface area contributed by atoms with Gasteiger partial charge in [0.1, 0.15) is 0 Å². The van der Waals surface area contributed by atoms with E-state index in [-0.39, 0.29) is 0 Å². The molecular weight excluding hydrogens is 292 g/mol. The highest BCUT2D eigenvalue weighted by Crippen LogP contribution is 2.64. The van der Waals surface area contributed by atoms with E-state index in [1.165, 1.54) is 24.1 Å². The Morgan fingerprint density at radius 2 is 1.88 bits per heavy atom. The molecule has 0 spiro atoms. The molecule has 94 valence electrons. The van der Waals surface area contributed by atoms with Crippen molar-refractivity contribution in [2.45, 2.75) is 50.3 Å². The summed E-state index contributed by atoms with van der Waals surface area (Å²) in [5.41, 5.74) is 0.301. The van der Waals surface area contributed by atoms with Gasteiger partial charge in [0.15, 0.2) is 0 Å². The minimum atomic E-state index is 0.301. The first-order valence-electron chi connectivity index (χ1n) is 6.73. The predicted octanol–water partition coefficient (Wildman–Crippen LogP) is 5.53. The van der Waals surface area contributed by atoms with Crippen molar-refractivity contribution in [3.8, 4) is 0 Å². The molecule has 0 aromatic carbocycles. The number of alkyl halides is 1. The summed E-state index contributed by atoms with van der Waals surface area (Å²) in [4.78, 5) is 3.69. The van der Waals surface area contributed by atoms with Gasteiger partial charge in [-0.05, 0) is 48.1 Å². The van der Waals surface area contributed by atoms with Gasteiger partial charge in [0, 0.05) is 9.75 Å². The van der Waals surface area contributed by atoms with Crippen molar-refractivity contribution in [3.63, 3.8) is 0 Å². The van der Waals surface area contributed by atoms with Crippen LogP contribution in [0.2, 0.25) is 0 Å². The molecule has 0 saturated heterocycles. The Labute approximate surface area is 117 Å². The normalized spacial score (nSPS) is 33.5. The summed E-state index contributed by atoms with van der Waals surface area (Å²) < 4.78 is 0. The van der Waals surface area contributed by atoms with Gasteiger partial charge in [0.05, 0.1) is 4.83 Å². The van der Waals surface area contributed by atoms with Gasteiger partial charge in [-0.25, -0.2) is 0 Å². The molecule has 1 aromatic rings. The highest BCUT2D eigenvalue weighted by molar-refractivity contribution is 9.09. The van der Waals surface area contributed by atoms with E-state index < -0.39 is 0 Å². The van der Waals surface area contributed by atoms with E-state index in [2.05, 4.69) is 48.8 Å². The molecule has 2 aliphatic carbocycles. The molecule has 0 bridgehead atoms. The fourth-order valence-electron chi connectivity index (χ4n) is 3.40. The SMILES string of the molecule is CC(C)(C)c1ccc(C(Br)C2C3CCCC32)s1. The standard InChI is InChI=1S/C15H21BrS/c1-15(2,3)12-8-7-11(17-12)14(16)13-9-5-4-6-10(9)13/h7-10,13-14H,4-6H2,1-3H3. The van der Waals surface area contributed by atoms with Crippen LogP contribution in [0, 0.1) is 17.8 Å². The van der Waals surface area contributed by atoms with Gasteiger partial charge in [-0.3, -0.25) is 0 Å². The van der Waals surface area contributed by atoms with Crippen LogP contribution in [-0.2, 0) is 5.41 Å². The van der Waals surface area contributed by atoms with Crippen molar-refractivity contribution in [3.05, 3.63) is 21.9 Å². The zero-order valence-corrected chi connectivity index (χ0v) is 13.3. The number of rotatable bonds is 2. The maximum atomic E-state index is 3.96. The van der Waals surface area contributed by atoms with E-state index in [1.54, 1.807) is 4.88 Å². The first-order valence-corrected chi connectivity index (χ1v) is 8.46. The maximum absolute atomic E-state index is 3.96. The Balaban J connectivity index is 1.74. The van der Waals surface area contributed by atoms with Gasteiger partial charge in [0.25, 0.3) is 0 Å². The first kappa shape index (κ1) is 12.2. The molecule has 0 nitrogen and oxygen atoms in total. The minimum Gasteiger partial charge on any atom is -0.144 e. The molecule has 2 saturated carbocycles. The quantitative estimate of drug-likeness (QED) is 0.630. The summed E-state index contributed by atoms with van der Waals surface area (Å²) in [6.07, 6.45) is 4.44. The van der Waals surface area contributed by atoms with E-state index in [0.717, 1.165) is 17.8 Å². The molecule has 3 rings (SSSR count). The van der Waals surface area contributed by atoms with Crippen molar-refractivity contribution in [2.75, 3.05) is 0 Å². The third-order valence-corrected chi connectivity index (χ3v) is 7.45. The van der Waals surface area contributed by atoms with Crippen LogP contribution < -0.4 is 0 Å². The summed E-state index contributed by atoms with van der Waals surface area (Å²) in [5.74, 6) is 3.02. The lowest BCUT2D eigenvalue weighted by atomic mass is 9.95. The maximum Gasteiger partial charge on any atom is 0.0522 e. The number of fused-ring (bicyclic) bond motifs is 1. The summed E-state index contributed by atoms with van der Waals surface area (Å²) in [5, 5.41) is 0. The largest absolute Gasteiger partial charge is 0.144 e. The fourth-order valence-corrected chi connectivity index (χ4v) is 5.72. The second-order valence-electron chi connectivity index (χ2n) is 6.69. The molecule has 0 N–H and O–H groups in total. The van der Waals surface area contributed by atoms with Crippen molar-refractivity contribution < 1.29 is 0 Å².